The van der Waals surface area contributed by atoms with E-state index in [4.69, 9.17) is 0 Å². The Balaban J connectivity index is 0. The van der Waals surface area contributed by atoms with E-state index < -0.39 is 0 Å². The van der Waals surface area contributed by atoms with E-state index in [-0.39, 0.29) is 31.1 Å². The third-order valence-electron chi connectivity index (χ3n) is 1.33. The average Bonchev–Trinajstić information content (AvgIpc) is 2.11. The summed E-state index contributed by atoms with van der Waals surface area (Å²) in [4.78, 5) is 0. The largest absolute Gasteiger partial charge is 0.184 e. The molecule has 0 bridgehead atoms. The summed E-state index contributed by atoms with van der Waals surface area (Å²) >= 11 is 0. The van der Waals surface area contributed by atoms with Crippen molar-refractivity contribution >= 4 is 0 Å². The van der Waals surface area contributed by atoms with E-state index in [1.165, 1.54) is 18.4 Å². The molecule has 0 N–H and O–H groups in total. The van der Waals surface area contributed by atoms with Crippen LogP contribution < -0.4 is 0 Å². The molecule has 0 heterocycles. The summed E-state index contributed by atoms with van der Waals surface area (Å²) in [5, 5.41) is 0. The van der Waals surface area contributed by atoms with E-state index in [1.807, 2.05) is 26.0 Å². The summed E-state index contributed by atoms with van der Waals surface area (Å²) in [6.07, 6.45) is 2.42. The van der Waals surface area contributed by atoms with E-state index in [9.17, 15) is 0 Å². The van der Waals surface area contributed by atoms with Crippen molar-refractivity contribution in [3.05, 3.63) is 35.9 Å². The Morgan fingerprint density at radius 2 is 1.67 bits per heavy atom. The van der Waals surface area contributed by atoms with Crippen LogP contribution in [0.15, 0.2) is 24.3 Å². The molecule has 0 aromatic heterocycles. The summed E-state index contributed by atoms with van der Waals surface area (Å²) in [6.45, 7) is 6.19. The van der Waals surface area contributed by atoms with Gasteiger partial charge in [-0.05, 0) is 0 Å². The first kappa shape index (κ1) is 14.8. The molecule has 0 aliphatic heterocycles. The zero-order chi connectivity index (χ0) is 8.53. The molecule has 1 aromatic carbocycles. The van der Waals surface area contributed by atoms with E-state index in [2.05, 4.69) is 25.1 Å². The first-order valence-electron chi connectivity index (χ1n) is 4.38. The summed E-state index contributed by atoms with van der Waals surface area (Å²) in [5.74, 6) is 0. The minimum Gasteiger partial charge on any atom is -0.184 e. The van der Waals surface area contributed by atoms with Crippen molar-refractivity contribution in [2.75, 3.05) is 0 Å². The van der Waals surface area contributed by atoms with Crippen molar-refractivity contribution in [2.45, 2.75) is 33.6 Å². The van der Waals surface area contributed by atoms with Gasteiger partial charge in [0.05, 0.1) is 0 Å². The first-order chi connectivity index (χ1) is 5.43. The Hall–Kier alpha value is 0.272. The second kappa shape index (κ2) is 11.3. The van der Waals surface area contributed by atoms with Crippen LogP contribution in [0.1, 0.15) is 32.8 Å². The predicted molar refractivity (Wildman–Crippen MR) is 50.6 cm³/mol. The van der Waals surface area contributed by atoms with Crippen LogP contribution in [0, 0.1) is 37.2 Å². The van der Waals surface area contributed by atoms with E-state index in [0.717, 1.165) is 0 Å². The predicted octanol–water partition coefficient (Wildman–Crippen LogP) is 3.47. The molecule has 0 nitrogen and oxygen atoms in total. The molecule has 1 aromatic rings. The fourth-order valence-electron chi connectivity index (χ4n) is 0.877. The average molecular weight is 387 g/mol. The monoisotopic (exact) mass is 387 g/mol. The van der Waals surface area contributed by atoms with Crippen molar-refractivity contribution in [3.8, 4) is 0 Å². The number of hydrogen-bond donors (Lipinski definition) is 0. The fourth-order valence-corrected chi connectivity index (χ4v) is 0.877. The molecule has 0 spiro atoms. The van der Waals surface area contributed by atoms with Gasteiger partial charge in [0.25, 0.3) is 0 Å². The van der Waals surface area contributed by atoms with Crippen LogP contribution in [-0.4, -0.2) is 0 Å². The van der Waals surface area contributed by atoms with Crippen LogP contribution in [0.25, 0.3) is 0 Å². The Kier molecular flexibility index (Phi) is 13.9. The van der Waals surface area contributed by atoms with Gasteiger partial charge in [-0.1, -0.05) is 33.6 Å². The number of hydrogen-bond acceptors (Lipinski definition) is 0. The standard InChI is InChI=1S/C9H11.C2H6.U/c1-2-6-9-7-4-3-5-8-9;1-2;/h4-5,7-8H,2,6H2,1H3;1-2H3;/q-1;;. The molecule has 0 fully saturated rings. The van der Waals surface area contributed by atoms with E-state index >= 15 is 0 Å². The molecule has 1 rings (SSSR count). The van der Waals surface area contributed by atoms with Gasteiger partial charge in [-0.15, -0.1) is 0 Å². The van der Waals surface area contributed by atoms with Crippen LogP contribution in [0.2, 0.25) is 0 Å². The fraction of sp³-hybridized carbons (Fsp3) is 0.455. The number of benzene rings is 1. The van der Waals surface area contributed by atoms with Crippen LogP contribution in [-0.2, 0) is 6.42 Å². The Morgan fingerprint density at radius 3 is 2.08 bits per heavy atom. The molecule has 66 valence electrons. The maximum absolute atomic E-state index is 2.99. The molecule has 0 atom stereocenters. The SMILES string of the molecule is CC.CCCc1cc[c-]cc1.[U]. The van der Waals surface area contributed by atoms with Crippen molar-refractivity contribution in [1.29, 1.82) is 0 Å². The molecule has 0 saturated heterocycles. The third kappa shape index (κ3) is 6.95. The third-order valence-corrected chi connectivity index (χ3v) is 1.33. The molecule has 1 heteroatoms. The van der Waals surface area contributed by atoms with Gasteiger partial charge in [0.15, 0.2) is 0 Å². The molecular formula is C11H17U-. The second-order valence-corrected chi connectivity index (χ2v) is 2.16. The van der Waals surface area contributed by atoms with Crippen LogP contribution in [0.3, 0.4) is 0 Å². The van der Waals surface area contributed by atoms with Gasteiger partial charge in [0.2, 0.25) is 0 Å². The summed E-state index contributed by atoms with van der Waals surface area (Å²) in [6, 6.07) is 11.1. The molecule has 0 radical (unpaired) electrons. The summed E-state index contributed by atoms with van der Waals surface area (Å²) in [7, 11) is 0. The number of aryl methyl sites for hydroxylation is 1. The van der Waals surface area contributed by atoms with E-state index in [1.54, 1.807) is 0 Å². The van der Waals surface area contributed by atoms with Crippen LogP contribution in [0.5, 0.6) is 0 Å². The molecule has 12 heavy (non-hydrogen) atoms. The zero-order valence-corrected chi connectivity index (χ0v) is 12.4. The minimum atomic E-state index is 0. The quantitative estimate of drug-likeness (QED) is 0.682. The molecule has 0 aliphatic carbocycles. The topological polar surface area (TPSA) is 0 Å². The van der Waals surface area contributed by atoms with Crippen molar-refractivity contribution in [1.82, 2.24) is 0 Å². The Morgan fingerprint density at radius 1 is 1.17 bits per heavy atom. The molecule has 0 aliphatic rings. The Bertz CT molecular complexity index is 158. The zero-order valence-electron chi connectivity index (χ0n) is 8.22. The molecule has 0 unspecified atom stereocenters. The van der Waals surface area contributed by atoms with Crippen molar-refractivity contribution in [2.24, 2.45) is 0 Å². The Labute approximate surface area is 100 Å². The normalized spacial score (nSPS) is 7.58. The van der Waals surface area contributed by atoms with Gasteiger partial charge < -0.3 is 0 Å². The van der Waals surface area contributed by atoms with Gasteiger partial charge in [-0.25, -0.2) is 0 Å². The summed E-state index contributed by atoms with van der Waals surface area (Å²) < 4.78 is 0. The van der Waals surface area contributed by atoms with Gasteiger partial charge in [-0.2, -0.15) is 35.9 Å². The van der Waals surface area contributed by atoms with Crippen molar-refractivity contribution < 1.29 is 31.1 Å². The molecular weight excluding hydrogens is 370 g/mol. The van der Waals surface area contributed by atoms with E-state index in [0.29, 0.717) is 0 Å². The molecule has 0 amide bonds. The van der Waals surface area contributed by atoms with Gasteiger partial charge in [0.1, 0.15) is 0 Å². The number of rotatable bonds is 2. The first-order valence-corrected chi connectivity index (χ1v) is 4.38. The summed E-state index contributed by atoms with van der Waals surface area (Å²) in [5.41, 5.74) is 1.41. The molecule has 0 saturated carbocycles. The second-order valence-electron chi connectivity index (χ2n) is 2.16. The van der Waals surface area contributed by atoms with Crippen LogP contribution in [0.4, 0.5) is 0 Å². The maximum atomic E-state index is 2.99. The smallest absolute Gasteiger partial charge is 0 e. The van der Waals surface area contributed by atoms with Gasteiger partial charge in [-0.3, -0.25) is 0 Å². The maximum Gasteiger partial charge on any atom is 0 e. The van der Waals surface area contributed by atoms with Gasteiger partial charge in [0, 0.05) is 31.1 Å². The van der Waals surface area contributed by atoms with Crippen LogP contribution >= 0.6 is 0 Å². The van der Waals surface area contributed by atoms with Gasteiger partial charge >= 0.3 is 0 Å². The minimum absolute atomic E-state index is 0. The van der Waals surface area contributed by atoms with Crippen molar-refractivity contribution in [3.63, 3.8) is 0 Å².